The van der Waals surface area contributed by atoms with Gasteiger partial charge in [-0.05, 0) is 55.9 Å². The zero-order chi connectivity index (χ0) is 27.9. The number of rotatable bonds is 6. The molecule has 1 aliphatic carbocycles. The highest BCUT2D eigenvalue weighted by Gasteiger charge is 2.61. The number of halogens is 2. The Hall–Kier alpha value is -3.86. The molecule has 1 aromatic carbocycles. The number of hydrogen-bond donors (Lipinski definition) is 0. The van der Waals surface area contributed by atoms with Gasteiger partial charge in [0.2, 0.25) is 5.82 Å². The summed E-state index contributed by atoms with van der Waals surface area (Å²) in [4.78, 5) is 49.8. The van der Waals surface area contributed by atoms with Crippen molar-refractivity contribution in [3.63, 3.8) is 0 Å². The highest BCUT2D eigenvalue weighted by atomic mass is 19.1. The molecule has 0 radical (unpaired) electrons. The van der Waals surface area contributed by atoms with Crippen molar-refractivity contribution in [3.05, 3.63) is 92.3 Å². The molecular weight excluding hydrogens is 514 g/mol. The van der Waals surface area contributed by atoms with E-state index in [1.165, 1.54) is 18.2 Å². The monoisotopic (exact) mass is 542 g/mol. The lowest BCUT2D eigenvalue weighted by Gasteiger charge is -2.20. The van der Waals surface area contributed by atoms with Gasteiger partial charge in [0.25, 0.3) is 5.56 Å². The predicted octanol–water partition coefficient (Wildman–Crippen LogP) is 2.64. The third-order valence-electron chi connectivity index (χ3n) is 7.58. The van der Waals surface area contributed by atoms with Crippen LogP contribution in [0.5, 0.6) is 0 Å². The molecule has 2 saturated heterocycles. The van der Waals surface area contributed by atoms with Crippen LogP contribution in [0, 0.1) is 17.6 Å². The van der Waals surface area contributed by atoms with E-state index in [0.717, 1.165) is 16.2 Å². The molecule has 0 N–H and O–H groups in total. The minimum Gasteiger partial charge on any atom is -0.460 e. The van der Waals surface area contributed by atoms with E-state index >= 15 is 0 Å². The first-order valence-electron chi connectivity index (χ1n) is 12.7. The number of epoxide rings is 1. The molecule has 2 aromatic rings. The van der Waals surface area contributed by atoms with E-state index in [4.69, 9.17) is 14.2 Å². The lowest BCUT2D eigenvalue weighted by atomic mass is 9.84. The Labute approximate surface area is 222 Å². The summed E-state index contributed by atoms with van der Waals surface area (Å²) in [6.07, 6.45) is 4.54. The number of fused-ring (bicyclic) bond motifs is 3. The normalized spacial score (nSPS) is 27.6. The Kier molecular flexibility index (Phi) is 7.11. The van der Waals surface area contributed by atoms with Gasteiger partial charge in [-0.15, -0.1) is 0 Å². The van der Waals surface area contributed by atoms with Gasteiger partial charge in [0.1, 0.15) is 31.2 Å². The van der Waals surface area contributed by atoms with Crippen LogP contribution in [0.2, 0.25) is 0 Å². The van der Waals surface area contributed by atoms with Crippen molar-refractivity contribution >= 4 is 11.9 Å². The molecule has 206 valence electrons. The van der Waals surface area contributed by atoms with Gasteiger partial charge in [0, 0.05) is 11.5 Å². The van der Waals surface area contributed by atoms with Gasteiger partial charge < -0.3 is 14.2 Å². The number of aromatic nitrogens is 2. The molecule has 0 bridgehead atoms. The van der Waals surface area contributed by atoms with Gasteiger partial charge in [-0.3, -0.25) is 18.7 Å². The van der Waals surface area contributed by atoms with Gasteiger partial charge in [0.05, 0.1) is 18.3 Å². The molecule has 3 heterocycles. The second-order valence-electron chi connectivity index (χ2n) is 10.4. The van der Waals surface area contributed by atoms with Crippen molar-refractivity contribution in [1.29, 1.82) is 0 Å². The van der Waals surface area contributed by atoms with Crippen LogP contribution in [0.1, 0.15) is 38.2 Å². The van der Waals surface area contributed by atoms with E-state index in [2.05, 4.69) is 6.58 Å². The Bertz CT molecular complexity index is 1490. The third kappa shape index (κ3) is 5.49. The van der Waals surface area contributed by atoms with Crippen molar-refractivity contribution in [1.82, 2.24) is 9.13 Å². The Morgan fingerprint density at radius 1 is 1.26 bits per heavy atom. The summed E-state index contributed by atoms with van der Waals surface area (Å²) in [7, 11) is 0. The maximum atomic E-state index is 14.3. The van der Waals surface area contributed by atoms with Crippen molar-refractivity contribution in [2.75, 3.05) is 6.61 Å². The lowest BCUT2D eigenvalue weighted by molar-refractivity contribution is -0.143. The van der Waals surface area contributed by atoms with Gasteiger partial charge in [-0.25, -0.2) is 14.0 Å². The number of carbonyl (C=O) groups excluding carboxylic acids is 2. The van der Waals surface area contributed by atoms with E-state index in [9.17, 15) is 28.0 Å². The van der Waals surface area contributed by atoms with Gasteiger partial charge in [-0.2, -0.15) is 4.39 Å². The lowest BCUT2D eigenvalue weighted by Crippen LogP contribution is -2.42. The van der Waals surface area contributed by atoms with E-state index in [1.807, 2.05) is 13.0 Å². The Morgan fingerprint density at radius 3 is 2.82 bits per heavy atom. The predicted molar refractivity (Wildman–Crippen MR) is 134 cm³/mol. The highest BCUT2D eigenvalue weighted by molar-refractivity contribution is 5.91. The summed E-state index contributed by atoms with van der Waals surface area (Å²) in [5.41, 5.74) is -0.985. The van der Waals surface area contributed by atoms with Crippen molar-refractivity contribution < 1.29 is 32.6 Å². The van der Waals surface area contributed by atoms with Crippen LogP contribution >= 0.6 is 0 Å². The van der Waals surface area contributed by atoms with Crippen LogP contribution in [0.15, 0.2) is 63.9 Å². The number of hydrogen-bond acceptors (Lipinski definition) is 7. The maximum absolute atomic E-state index is 14.3. The molecule has 2 fully saturated rings. The first kappa shape index (κ1) is 26.7. The summed E-state index contributed by atoms with van der Waals surface area (Å²) in [5.74, 6) is -3.23. The molecule has 0 amide bonds. The average Bonchev–Trinajstić information content (AvgIpc) is 3.48. The van der Waals surface area contributed by atoms with Crippen LogP contribution in [-0.2, 0) is 36.9 Å². The molecule has 9 nitrogen and oxygen atoms in total. The number of allylic oxidation sites excluding steroid dienone is 1. The van der Waals surface area contributed by atoms with Crippen molar-refractivity contribution in [2.24, 2.45) is 5.92 Å². The molecule has 1 aromatic heterocycles. The van der Waals surface area contributed by atoms with Crippen LogP contribution in [0.25, 0.3) is 0 Å². The fourth-order valence-corrected chi connectivity index (χ4v) is 5.30. The molecular formula is C28H28F2N2O7. The number of carbonyl (C=O) groups is 2. The largest absolute Gasteiger partial charge is 0.460 e. The second-order valence-corrected chi connectivity index (χ2v) is 10.4. The molecule has 2 aliphatic heterocycles. The molecule has 11 heteroatoms. The van der Waals surface area contributed by atoms with Crippen LogP contribution in [0.4, 0.5) is 8.78 Å². The topological polar surface area (TPSA) is 109 Å². The van der Waals surface area contributed by atoms with E-state index < -0.39 is 47.0 Å². The van der Waals surface area contributed by atoms with E-state index in [0.29, 0.717) is 42.0 Å². The fourth-order valence-electron chi connectivity index (χ4n) is 5.30. The summed E-state index contributed by atoms with van der Waals surface area (Å²) in [6, 6.07) is 5.23. The molecule has 0 spiro atoms. The third-order valence-corrected chi connectivity index (χ3v) is 7.58. The Morgan fingerprint density at radius 2 is 2.05 bits per heavy atom. The molecule has 39 heavy (non-hydrogen) atoms. The summed E-state index contributed by atoms with van der Waals surface area (Å²) < 4.78 is 46.0. The van der Waals surface area contributed by atoms with Crippen molar-refractivity contribution in [2.45, 2.75) is 63.5 Å². The standard InChI is InChI=1S/C28H28F2N2O7/c1-16-20-9-8-17(6-4-10-28(2)24(39-28)23(20)38-26(16)35)15-37-22(33)14-31-13-21(30)25(34)32(27(31)36)12-18-5-3-7-19(29)11-18/h3,5-7,11,13,20,23-24H,1,4,8-10,12,14-15H2,2H3/b17-6+/t20-,23-,24-,28+/m0/s1. The highest BCUT2D eigenvalue weighted by Crippen LogP contribution is 2.49. The molecule has 0 unspecified atom stereocenters. The zero-order valence-corrected chi connectivity index (χ0v) is 21.4. The minimum atomic E-state index is -1.23. The minimum absolute atomic E-state index is 0.0569. The van der Waals surface area contributed by atoms with Gasteiger partial charge in [0.15, 0.2) is 0 Å². The van der Waals surface area contributed by atoms with Gasteiger partial charge >= 0.3 is 17.6 Å². The number of esters is 2. The number of nitrogens with zero attached hydrogens (tertiary/aromatic N) is 2. The average molecular weight is 543 g/mol. The van der Waals surface area contributed by atoms with Crippen LogP contribution < -0.4 is 11.2 Å². The first-order valence-corrected chi connectivity index (χ1v) is 12.7. The smallest absolute Gasteiger partial charge is 0.334 e. The fraction of sp³-hybridized carbons (Fsp3) is 0.429. The summed E-state index contributed by atoms with van der Waals surface area (Å²) >= 11 is 0. The SMILES string of the molecule is C=C1C(=O)O[C@H]2[C@H]1CC/C(COC(=O)Cn1cc(F)c(=O)n(Cc3cccc(F)c3)c1=O)=C\CC[C@@]1(C)O[C@@H]21. The van der Waals surface area contributed by atoms with Crippen LogP contribution in [-0.4, -0.2) is 45.5 Å². The molecule has 5 rings (SSSR count). The van der Waals surface area contributed by atoms with Crippen molar-refractivity contribution in [3.8, 4) is 0 Å². The second kappa shape index (κ2) is 10.4. The maximum Gasteiger partial charge on any atom is 0.334 e. The first-order chi connectivity index (χ1) is 18.6. The number of benzene rings is 1. The van der Waals surface area contributed by atoms with Gasteiger partial charge in [-0.1, -0.05) is 24.8 Å². The van der Waals surface area contributed by atoms with Crippen LogP contribution in [0.3, 0.4) is 0 Å². The van der Waals surface area contributed by atoms with E-state index in [1.54, 1.807) is 0 Å². The summed E-state index contributed by atoms with van der Waals surface area (Å²) in [6.45, 7) is 4.82. The number of ether oxygens (including phenoxy) is 3. The molecule has 0 saturated carbocycles. The quantitative estimate of drug-likeness (QED) is 0.239. The summed E-state index contributed by atoms with van der Waals surface area (Å²) in [5, 5.41) is 0. The molecule has 4 atom stereocenters. The van der Waals surface area contributed by atoms with E-state index in [-0.39, 0.29) is 36.8 Å². The zero-order valence-electron chi connectivity index (χ0n) is 21.4. The molecule has 3 aliphatic rings. The Balaban J connectivity index is 1.26.